The zero-order valence-electron chi connectivity index (χ0n) is 23.0. The van der Waals surface area contributed by atoms with Crippen LogP contribution in [-0.4, -0.2) is 66.8 Å². The van der Waals surface area contributed by atoms with Crippen molar-refractivity contribution in [3.05, 3.63) is 97.6 Å². The lowest BCUT2D eigenvalue weighted by Gasteiger charge is -2.34. The number of hydrogen-bond donors (Lipinski definition) is 2. The molecule has 1 fully saturated rings. The van der Waals surface area contributed by atoms with Gasteiger partial charge in [-0.2, -0.15) is 4.39 Å². The number of nitrogens with one attached hydrogen (secondary N) is 2. The molecule has 0 bridgehead atoms. The fourth-order valence-electron chi connectivity index (χ4n) is 4.16. The number of piperazine rings is 1. The Hall–Kier alpha value is -3.08. The largest absolute Gasteiger partial charge is 0.336 e. The third-order valence-electron chi connectivity index (χ3n) is 6.21. The highest BCUT2D eigenvalue weighted by Crippen LogP contribution is 2.26. The molecular formula is C28H25Br2ClFN9OS2. The van der Waals surface area contributed by atoms with Gasteiger partial charge in [0.05, 0.1) is 42.8 Å². The summed E-state index contributed by atoms with van der Waals surface area (Å²) in [6, 6.07) is 14.6. The van der Waals surface area contributed by atoms with Gasteiger partial charge in [0.15, 0.2) is 10.3 Å². The van der Waals surface area contributed by atoms with Crippen molar-refractivity contribution in [3.8, 4) is 0 Å². The topological polar surface area (TPSA) is 112 Å². The lowest BCUT2D eigenvalue weighted by Crippen LogP contribution is -2.48. The van der Waals surface area contributed by atoms with Crippen molar-refractivity contribution in [2.24, 2.45) is 0 Å². The first-order valence-corrected chi connectivity index (χ1v) is 17.0. The molecule has 10 nitrogen and oxygen atoms in total. The van der Waals surface area contributed by atoms with Crippen LogP contribution in [0, 0.1) is 5.95 Å². The van der Waals surface area contributed by atoms with Crippen LogP contribution in [0.1, 0.15) is 21.7 Å². The van der Waals surface area contributed by atoms with Crippen LogP contribution in [0.5, 0.6) is 0 Å². The molecule has 1 aliphatic rings. The third-order valence-corrected chi connectivity index (χ3v) is 9.27. The van der Waals surface area contributed by atoms with Gasteiger partial charge < -0.3 is 15.5 Å². The van der Waals surface area contributed by atoms with E-state index >= 15 is 0 Å². The summed E-state index contributed by atoms with van der Waals surface area (Å²) >= 11 is 15.5. The highest BCUT2D eigenvalue weighted by molar-refractivity contribution is 9.11. The minimum absolute atomic E-state index is 0.0233. The van der Waals surface area contributed by atoms with Crippen molar-refractivity contribution in [1.82, 2.24) is 34.7 Å². The van der Waals surface area contributed by atoms with E-state index in [-0.39, 0.29) is 11.5 Å². The number of anilines is 4. The van der Waals surface area contributed by atoms with Crippen LogP contribution in [-0.2, 0) is 12.4 Å². The van der Waals surface area contributed by atoms with Gasteiger partial charge in [-0.05, 0) is 68.3 Å². The molecule has 1 aliphatic heterocycles. The van der Waals surface area contributed by atoms with E-state index in [0.29, 0.717) is 38.6 Å². The van der Waals surface area contributed by atoms with E-state index < -0.39 is 5.95 Å². The Morgan fingerprint density at radius 2 is 1.43 bits per heavy atom. The first kappa shape index (κ1) is 32.3. The maximum absolute atomic E-state index is 13.8. The third kappa shape index (κ3) is 9.22. The SMILES string of the molecule is ClCc1cccc(Nc2ncc(Br)s2)n1.O=C(c1cccnc1F)N1CCN(Cc2cccc(Nc3ncc(Br)s3)n2)CC1. The van der Waals surface area contributed by atoms with Crippen LogP contribution >= 0.6 is 66.1 Å². The van der Waals surface area contributed by atoms with E-state index in [0.717, 1.165) is 40.9 Å². The quantitative estimate of drug-likeness (QED) is 0.124. The first-order valence-electron chi connectivity index (χ1n) is 13.2. The number of rotatable bonds is 8. The molecule has 44 heavy (non-hydrogen) atoms. The van der Waals surface area contributed by atoms with Gasteiger partial charge in [0.2, 0.25) is 5.95 Å². The summed E-state index contributed by atoms with van der Waals surface area (Å²) < 4.78 is 15.7. The molecule has 228 valence electrons. The van der Waals surface area contributed by atoms with Gasteiger partial charge in [-0.15, -0.1) is 11.6 Å². The Morgan fingerprint density at radius 1 is 0.841 bits per heavy atom. The molecule has 0 aliphatic carbocycles. The van der Waals surface area contributed by atoms with Crippen LogP contribution < -0.4 is 10.6 Å². The molecule has 0 unspecified atom stereocenters. The standard InChI is InChI=1S/C19H18BrFN6OS.C9H7BrClN3S/c20-15-11-23-19(29-15)25-16-5-1-3-13(24-16)12-26-7-9-27(10-8-26)18(28)14-4-2-6-22-17(14)21;10-7-5-12-9(15-7)14-8-3-1-2-6(4-11)13-8/h1-6,11H,7-10,12H2,(H,23,24,25);1-3,5H,4H2,(H,12,13,14). The van der Waals surface area contributed by atoms with Crippen LogP contribution in [0.15, 0.2) is 74.7 Å². The summed E-state index contributed by atoms with van der Waals surface area (Å²) in [6.45, 7) is 3.16. The maximum atomic E-state index is 13.8. The van der Waals surface area contributed by atoms with Gasteiger partial charge in [-0.1, -0.05) is 34.8 Å². The van der Waals surface area contributed by atoms with Crippen LogP contribution in [0.4, 0.5) is 26.3 Å². The van der Waals surface area contributed by atoms with Crippen molar-refractivity contribution >= 4 is 93.9 Å². The smallest absolute Gasteiger partial charge is 0.258 e. The number of carbonyl (C=O) groups excluding carboxylic acids is 1. The molecule has 6 rings (SSSR count). The second-order valence-electron chi connectivity index (χ2n) is 9.26. The first-order chi connectivity index (χ1) is 21.4. The minimum atomic E-state index is -0.722. The number of alkyl halides is 1. The van der Waals surface area contributed by atoms with Crippen molar-refractivity contribution in [2.75, 3.05) is 36.8 Å². The van der Waals surface area contributed by atoms with Gasteiger partial charge in [0, 0.05) is 38.9 Å². The highest BCUT2D eigenvalue weighted by Gasteiger charge is 2.24. The van der Waals surface area contributed by atoms with Crippen LogP contribution in [0.3, 0.4) is 0 Å². The zero-order chi connectivity index (χ0) is 30.9. The number of halogens is 4. The lowest BCUT2D eigenvalue weighted by atomic mass is 10.2. The Labute approximate surface area is 283 Å². The predicted octanol–water partition coefficient (Wildman–Crippen LogP) is 7.32. The summed E-state index contributed by atoms with van der Waals surface area (Å²) in [7, 11) is 0. The summed E-state index contributed by atoms with van der Waals surface area (Å²) in [5, 5.41) is 7.89. The van der Waals surface area contributed by atoms with E-state index in [2.05, 4.69) is 72.3 Å². The summed E-state index contributed by atoms with van der Waals surface area (Å²) in [5.41, 5.74) is 1.80. The average molecular weight is 782 g/mol. The second-order valence-corrected chi connectivity index (χ2v) is 14.3. The molecule has 0 atom stereocenters. The highest BCUT2D eigenvalue weighted by atomic mass is 79.9. The molecule has 0 aromatic carbocycles. The second kappa shape index (κ2) is 15.8. The van der Waals surface area contributed by atoms with E-state index in [1.807, 2.05) is 36.4 Å². The van der Waals surface area contributed by atoms with Gasteiger partial charge >= 0.3 is 0 Å². The predicted molar refractivity (Wildman–Crippen MR) is 180 cm³/mol. The zero-order valence-corrected chi connectivity index (χ0v) is 28.5. The number of carbonyl (C=O) groups is 1. The molecule has 0 spiro atoms. The Balaban J connectivity index is 0.000000215. The normalized spacial score (nSPS) is 13.2. The molecule has 1 amide bonds. The molecule has 16 heteroatoms. The van der Waals surface area contributed by atoms with Gasteiger partial charge in [0.1, 0.15) is 11.6 Å². The molecule has 2 N–H and O–H groups in total. The average Bonchev–Trinajstić information content (AvgIpc) is 3.64. The van der Waals surface area contributed by atoms with Gasteiger partial charge in [-0.25, -0.2) is 24.9 Å². The van der Waals surface area contributed by atoms with Crippen molar-refractivity contribution in [2.45, 2.75) is 12.4 Å². The number of nitrogens with zero attached hydrogens (tertiary/aromatic N) is 7. The Kier molecular flexibility index (Phi) is 11.6. The molecule has 1 saturated heterocycles. The van der Waals surface area contributed by atoms with E-state index in [9.17, 15) is 9.18 Å². The molecule has 5 aromatic heterocycles. The van der Waals surface area contributed by atoms with Crippen LogP contribution in [0.2, 0.25) is 0 Å². The summed E-state index contributed by atoms with van der Waals surface area (Å²) in [4.78, 5) is 37.3. The molecular weight excluding hydrogens is 757 g/mol. The van der Waals surface area contributed by atoms with E-state index in [4.69, 9.17) is 11.6 Å². The van der Waals surface area contributed by atoms with E-state index in [1.165, 1.54) is 34.9 Å². The molecule has 6 heterocycles. The van der Waals surface area contributed by atoms with E-state index in [1.54, 1.807) is 23.4 Å². The fraction of sp³-hybridized carbons (Fsp3) is 0.214. The van der Waals surface area contributed by atoms with Gasteiger partial charge in [-0.3, -0.25) is 9.69 Å². The number of amides is 1. The number of pyridine rings is 3. The number of hydrogen-bond acceptors (Lipinski definition) is 11. The molecule has 5 aromatic rings. The monoisotopic (exact) mass is 779 g/mol. The summed E-state index contributed by atoms with van der Waals surface area (Å²) in [5.74, 6) is 0.881. The van der Waals surface area contributed by atoms with Crippen molar-refractivity contribution in [1.29, 1.82) is 0 Å². The van der Waals surface area contributed by atoms with Crippen molar-refractivity contribution < 1.29 is 9.18 Å². The minimum Gasteiger partial charge on any atom is -0.336 e. The fourth-order valence-corrected chi connectivity index (χ4v) is 6.53. The Morgan fingerprint density at radius 3 is 1.98 bits per heavy atom. The number of thiazole rings is 2. The summed E-state index contributed by atoms with van der Waals surface area (Å²) in [6.07, 6.45) is 4.83. The van der Waals surface area contributed by atoms with Crippen molar-refractivity contribution in [3.63, 3.8) is 0 Å². The van der Waals surface area contributed by atoms with Gasteiger partial charge in [0.25, 0.3) is 5.91 Å². The Bertz CT molecular complexity index is 1700. The number of aromatic nitrogens is 5. The molecule has 0 saturated carbocycles. The maximum Gasteiger partial charge on any atom is 0.258 e. The van der Waals surface area contributed by atoms with Crippen LogP contribution in [0.25, 0.3) is 0 Å². The lowest BCUT2D eigenvalue weighted by molar-refractivity contribution is 0.0621. The molecule has 0 radical (unpaired) electrons.